The molecule has 0 aliphatic rings. The van der Waals surface area contributed by atoms with Gasteiger partial charge in [-0.1, -0.05) is 19.1 Å². The molecule has 0 radical (unpaired) electrons. The summed E-state index contributed by atoms with van der Waals surface area (Å²) in [6.07, 6.45) is 6.02. The van der Waals surface area contributed by atoms with E-state index < -0.39 is 11.8 Å². The summed E-state index contributed by atoms with van der Waals surface area (Å²) in [4.78, 5) is 22.4. The van der Waals surface area contributed by atoms with Crippen LogP contribution < -0.4 is 16.8 Å². The predicted octanol–water partition coefficient (Wildman–Crippen LogP) is -0.383. The van der Waals surface area contributed by atoms with E-state index in [4.69, 9.17) is 11.5 Å². The molecule has 0 unspecified atom stereocenters. The Labute approximate surface area is 115 Å². The Bertz CT molecular complexity index is 277. The van der Waals surface area contributed by atoms with E-state index in [1.165, 1.54) is 12.2 Å². The molecule has 19 heavy (non-hydrogen) atoms. The van der Waals surface area contributed by atoms with Crippen LogP contribution in [0.1, 0.15) is 13.3 Å². The van der Waals surface area contributed by atoms with Gasteiger partial charge in [0.05, 0.1) is 0 Å². The van der Waals surface area contributed by atoms with Gasteiger partial charge in [0.15, 0.2) is 0 Å². The Kier molecular flexibility index (Phi) is 14.9. The maximum absolute atomic E-state index is 10.1. The number of carbonyl (C=O) groups excluding carboxylic acids is 2. The summed E-state index contributed by atoms with van der Waals surface area (Å²) in [5.74, 6) is -1.00. The minimum atomic E-state index is -0.502. The molecule has 0 heterocycles. The smallest absolute Gasteiger partial charge is 0.241 e. The number of nitrogens with two attached hydrogens (primary N) is 2. The molecular weight excluding hydrogens is 244 g/mol. The Morgan fingerprint density at radius 1 is 1.11 bits per heavy atom. The zero-order chi connectivity index (χ0) is 15.1. The zero-order valence-corrected chi connectivity index (χ0v) is 12.1. The lowest BCUT2D eigenvalue weighted by Crippen LogP contribution is -2.26. The Morgan fingerprint density at radius 2 is 1.58 bits per heavy atom. The Balaban J connectivity index is 0. The first-order chi connectivity index (χ1) is 8.90. The van der Waals surface area contributed by atoms with E-state index in [1.54, 1.807) is 12.2 Å². The van der Waals surface area contributed by atoms with Crippen LogP contribution in [-0.4, -0.2) is 50.4 Å². The minimum Gasteiger partial charge on any atom is -0.366 e. The fourth-order valence-electron chi connectivity index (χ4n) is 0.926. The fourth-order valence-corrected chi connectivity index (χ4v) is 0.926. The molecule has 0 rings (SSSR count). The molecule has 0 aliphatic carbocycles. The van der Waals surface area contributed by atoms with Gasteiger partial charge in [0.1, 0.15) is 0 Å². The first-order valence-electron chi connectivity index (χ1n) is 6.17. The van der Waals surface area contributed by atoms with Gasteiger partial charge in [0.25, 0.3) is 0 Å². The quantitative estimate of drug-likeness (QED) is 0.413. The van der Waals surface area contributed by atoms with Crippen molar-refractivity contribution in [1.82, 2.24) is 10.2 Å². The molecule has 110 valence electrons. The van der Waals surface area contributed by atoms with Gasteiger partial charge in [-0.05, 0) is 39.2 Å². The average molecular weight is 270 g/mol. The third-order valence-electron chi connectivity index (χ3n) is 1.82. The molecule has 0 bridgehead atoms. The highest BCUT2D eigenvalue weighted by Crippen LogP contribution is 1.84. The van der Waals surface area contributed by atoms with Crippen molar-refractivity contribution in [1.29, 1.82) is 0 Å². The van der Waals surface area contributed by atoms with Gasteiger partial charge in [0, 0.05) is 13.1 Å². The van der Waals surface area contributed by atoms with Crippen molar-refractivity contribution in [2.45, 2.75) is 13.3 Å². The van der Waals surface area contributed by atoms with Crippen LogP contribution in [0, 0.1) is 0 Å². The molecule has 0 aliphatic heterocycles. The molecule has 0 aromatic heterocycles. The van der Waals surface area contributed by atoms with Crippen molar-refractivity contribution in [3.05, 3.63) is 24.3 Å². The van der Waals surface area contributed by atoms with Crippen LogP contribution >= 0.6 is 0 Å². The number of primary amides is 2. The van der Waals surface area contributed by atoms with Gasteiger partial charge in [-0.3, -0.25) is 9.59 Å². The summed E-state index contributed by atoms with van der Waals surface area (Å²) in [5, 5.41) is 3.24. The van der Waals surface area contributed by atoms with Crippen molar-refractivity contribution in [2.24, 2.45) is 11.5 Å². The fraction of sp³-hybridized carbons (Fsp3) is 0.538. The van der Waals surface area contributed by atoms with Gasteiger partial charge in [-0.2, -0.15) is 0 Å². The van der Waals surface area contributed by atoms with Gasteiger partial charge < -0.3 is 21.7 Å². The van der Waals surface area contributed by atoms with E-state index in [-0.39, 0.29) is 0 Å². The van der Waals surface area contributed by atoms with Crippen LogP contribution in [0.2, 0.25) is 0 Å². The third-order valence-corrected chi connectivity index (χ3v) is 1.82. The number of hydrogen-bond acceptors (Lipinski definition) is 4. The number of hydrogen-bond donors (Lipinski definition) is 3. The molecule has 2 amide bonds. The maximum Gasteiger partial charge on any atom is 0.241 e. The monoisotopic (exact) mass is 270 g/mol. The lowest BCUT2D eigenvalue weighted by molar-refractivity contribution is -0.114. The van der Waals surface area contributed by atoms with Crippen molar-refractivity contribution in [2.75, 3.05) is 33.7 Å². The topological polar surface area (TPSA) is 101 Å². The summed E-state index contributed by atoms with van der Waals surface area (Å²) in [5.41, 5.74) is 9.59. The van der Waals surface area contributed by atoms with E-state index in [2.05, 4.69) is 31.2 Å². The zero-order valence-electron chi connectivity index (χ0n) is 12.1. The maximum atomic E-state index is 10.1. The highest BCUT2D eigenvalue weighted by molar-refractivity contribution is 5.86. The van der Waals surface area contributed by atoms with Crippen LogP contribution in [0.3, 0.4) is 0 Å². The highest BCUT2D eigenvalue weighted by atomic mass is 16.1. The van der Waals surface area contributed by atoms with Crippen molar-refractivity contribution >= 4 is 11.8 Å². The SMILES string of the molecule is CCNCCN(C)C.NC(=O)C=CCC=CC(N)=O. The van der Waals surface area contributed by atoms with Gasteiger partial charge in [-0.25, -0.2) is 0 Å². The molecule has 0 atom stereocenters. The van der Waals surface area contributed by atoms with Crippen molar-refractivity contribution in [3.63, 3.8) is 0 Å². The second-order valence-corrected chi connectivity index (χ2v) is 4.00. The van der Waals surface area contributed by atoms with Crippen LogP contribution in [0.15, 0.2) is 24.3 Å². The van der Waals surface area contributed by atoms with Gasteiger partial charge in [0.2, 0.25) is 11.8 Å². The first kappa shape index (κ1) is 19.7. The highest BCUT2D eigenvalue weighted by Gasteiger charge is 1.85. The molecule has 0 aromatic carbocycles. The van der Waals surface area contributed by atoms with E-state index >= 15 is 0 Å². The molecule has 0 saturated carbocycles. The Hall–Kier alpha value is -1.66. The number of carbonyl (C=O) groups is 2. The molecular formula is C13H26N4O2. The summed E-state index contributed by atoms with van der Waals surface area (Å²) in [6, 6.07) is 0. The number of amides is 2. The van der Waals surface area contributed by atoms with Crippen LogP contribution in [-0.2, 0) is 9.59 Å². The number of allylic oxidation sites excluding steroid dienone is 2. The third kappa shape index (κ3) is 26.1. The lowest BCUT2D eigenvalue weighted by Gasteiger charge is -2.08. The second-order valence-electron chi connectivity index (χ2n) is 4.00. The van der Waals surface area contributed by atoms with E-state index in [1.807, 2.05) is 0 Å². The van der Waals surface area contributed by atoms with Gasteiger partial charge >= 0.3 is 0 Å². The average Bonchev–Trinajstić information content (AvgIpc) is 2.28. The van der Waals surface area contributed by atoms with Gasteiger partial charge in [-0.15, -0.1) is 0 Å². The van der Waals surface area contributed by atoms with Crippen LogP contribution in [0.5, 0.6) is 0 Å². The summed E-state index contributed by atoms with van der Waals surface area (Å²) < 4.78 is 0. The molecule has 6 nitrogen and oxygen atoms in total. The number of likely N-dealkylation sites (N-methyl/N-ethyl adjacent to an activating group) is 2. The molecule has 5 N–H and O–H groups in total. The van der Waals surface area contributed by atoms with Crippen LogP contribution in [0.4, 0.5) is 0 Å². The standard InChI is InChI=1S/C7H10N2O2.C6H16N2/c8-6(10)4-2-1-3-5-7(9)11;1-4-7-5-6-8(2)3/h2-5H,1H2,(H2,8,10)(H2,9,11);7H,4-6H2,1-3H3. The molecule has 0 fully saturated rings. The summed E-state index contributed by atoms with van der Waals surface area (Å²) in [6.45, 7) is 5.43. The normalized spacial score (nSPS) is 10.7. The minimum absolute atomic E-state index is 0.478. The predicted molar refractivity (Wildman–Crippen MR) is 78.4 cm³/mol. The molecule has 0 saturated heterocycles. The Morgan fingerprint density at radius 3 is 1.89 bits per heavy atom. The van der Waals surface area contributed by atoms with E-state index in [0.29, 0.717) is 6.42 Å². The van der Waals surface area contributed by atoms with Crippen molar-refractivity contribution < 1.29 is 9.59 Å². The summed E-state index contributed by atoms with van der Waals surface area (Å²) >= 11 is 0. The first-order valence-corrected chi connectivity index (χ1v) is 6.17. The van der Waals surface area contributed by atoms with E-state index in [9.17, 15) is 9.59 Å². The largest absolute Gasteiger partial charge is 0.366 e. The molecule has 6 heteroatoms. The second kappa shape index (κ2) is 14.4. The van der Waals surface area contributed by atoms with E-state index in [0.717, 1.165) is 19.6 Å². The molecule has 0 aromatic rings. The number of nitrogens with zero attached hydrogens (tertiary/aromatic N) is 1. The lowest BCUT2D eigenvalue weighted by atomic mass is 10.3. The van der Waals surface area contributed by atoms with Crippen molar-refractivity contribution in [3.8, 4) is 0 Å². The summed E-state index contributed by atoms with van der Waals surface area (Å²) in [7, 11) is 4.16. The van der Waals surface area contributed by atoms with Crippen LogP contribution in [0.25, 0.3) is 0 Å². The number of nitrogens with one attached hydrogen (secondary N) is 1. The number of rotatable bonds is 8. The molecule has 0 spiro atoms.